The zero-order valence-electron chi connectivity index (χ0n) is 10.8. The summed E-state index contributed by atoms with van der Waals surface area (Å²) in [6, 6.07) is 0. The Morgan fingerprint density at radius 3 is 2.38 bits per heavy atom. The first kappa shape index (κ1) is 15.3. The highest BCUT2D eigenvalue weighted by atomic mass is 16.5. The fourth-order valence-corrected chi connectivity index (χ4v) is 1.27. The van der Waals surface area contributed by atoms with E-state index in [0.717, 1.165) is 0 Å². The predicted octanol–water partition coefficient (Wildman–Crippen LogP) is 0.235. The van der Waals surface area contributed by atoms with Gasteiger partial charge in [-0.05, 0) is 13.8 Å². The van der Waals surface area contributed by atoms with E-state index >= 15 is 0 Å². The fraction of sp³-hybridized carbons (Fsp3) is 0.909. The van der Waals surface area contributed by atoms with Crippen LogP contribution in [0, 0.1) is 0 Å². The van der Waals surface area contributed by atoms with Crippen LogP contribution in [0.3, 0.4) is 0 Å². The number of carbonyl (C=O) groups excluding carboxylic acids is 1. The predicted molar refractivity (Wildman–Crippen MR) is 63.2 cm³/mol. The Morgan fingerprint density at radius 1 is 1.31 bits per heavy atom. The highest BCUT2D eigenvalue weighted by molar-refractivity contribution is 5.77. The van der Waals surface area contributed by atoms with Gasteiger partial charge in [-0.1, -0.05) is 0 Å². The second-order valence-electron chi connectivity index (χ2n) is 4.30. The van der Waals surface area contributed by atoms with Crippen molar-refractivity contribution in [3.8, 4) is 0 Å². The van der Waals surface area contributed by atoms with E-state index in [1.54, 1.807) is 19.1 Å². The molecule has 0 fully saturated rings. The molecule has 0 aromatic heterocycles. The van der Waals surface area contributed by atoms with E-state index in [1.165, 1.54) is 0 Å². The average Bonchev–Trinajstić information content (AvgIpc) is 2.23. The van der Waals surface area contributed by atoms with Crippen LogP contribution < -0.4 is 5.73 Å². The number of nitrogens with zero attached hydrogens (tertiary/aromatic N) is 1. The van der Waals surface area contributed by atoms with Crippen molar-refractivity contribution in [3.63, 3.8) is 0 Å². The van der Waals surface area contributed by atoms with Gasteiger partial charge >= 0.3 is 0 Å². The molecule has 0 unspecified atom stereocenters. The van der Waals surface area contributed by atoms with Crippen LogP contribution >= 0.6 is 0 Å². The molecule has 0 bridgehead atoms. The van der Waals surface area contributed by atoms with E-state index < -0.39 is 5.60 Å². The smallest absolute Gasteiger partial charge is 0.225 e. The van der Waals surface area contributed by atoms with Crippen LogP contribution in [-0.2, 0) is 14.3 Å². The van der Waals surface area contributed by atoms with Gasteiger partial charge in [0.25, 0.3) is 0 Å². The van der Waals surface area contributed by atoms with Crippen molar-refractivity contribution in [2.75, 3.05) is 40.5 Å². The topological polar surface area (TPSA) is 64.8 Å². The van der Waals surface area contributed by atoms with E-state index in [9.17, 15) is 4.79 Å². The third-order valence-electron chi connectivity index (χ3n) is 2.45. The van der Waals surface area contributed by atoms with Crippen molar-refractivity contribution in [1.82, 2.24) is 4.90 Å². The van der Waals surface area contributed by atoms with Crippen LogP contribution in [0.1, 0.15) is 20.3 Å². The zero-order chi connectivity index (χ0) is 12.6. The minimum atomic E-state index is -0.434. The lowest BCUT2D eigenvalue weighted by atomic mass is 10.0. The molecule has 0 radical (unpaired) electrons. The summed E-state index contributed by atoms with van der Waals surface area (Å²) in [5, 5.41) is 0. The normalized spacial score (nSPS) is 11.6. The Bertz CT molecular complexity index is 207. The summed E-state index contributed by atoms with van der Waals surface area (Å²) in [5.74, 6) is 0.0503. The van der Waals surface area contributed by atoms with Crippen LogP contribution in [0.5, 0.6) is 0 Å². The minimum absolute atomic E-state index is 0.0503. The maximum atomic E-state index is 11.9. The number of ether oxygens (including phenoxy) is 2. The van der Waals surface area contributed by atoms with Crippen LogP contribution in [0.15, 0.2) is 0 Å². The number of rotatable bonds is 8. The Morgan fingerprint density at radius 2 is 1.94 bits per heavy atom. The second kappa shape index (κ2) is 7.60. The van der Waals surface area contributed by atoms with Crippen molar-refractivity contribution in [1.29, 1.82) is 0 Å². The molecular formula is C11H24N2O3. The quantitative estimate of drug-likeness (QED) is 0.651. The Labute approximate surface area is 97.9 Å². The molecule has 1 amide bonds. The van der Waals surface area contributed by atoms with Gasteiger partial charge in [0.05, 0.1) is 18.6 Å². The molecule has 0 aliphatic carbocycles. The molecule has 96 valence electrons. The number of hydrogen-bond acceptors (Lipinski definition) is 4. The van der Waals surface area contributed by atoms with E-state index in [-0.39, 0.29) is 5.91 Å². The lowest BCUT2D eigenvalue weighted by Crippen LogP contribution is -2.41. The van der Waals surface area contributed by atoms with Gasteiger partial charge in [0.2, 0.25) is 5.91 Å². The summed E-state index contributed by atoms with van der Waals surface area (Å²) in [6.07, 6.45) is 0.354. The average molecular weight is 232 g/mol. The largest absolute Gasteiger partial charge is 0.383 e. The SMILES string of the molecule is COCCN(CCN)C(=O)CC(C)(C)OC. The molecule has 0 heterocycles. The summed E-state index contributed by atoms with van der Waals surface area (Å²) in [6.45, 7) is 5.90. The maximum Gasteiger partial charge on any atom is 0.225 e. The standard InChI is InChI=1S/C11H24N2O3/c1-11(2,16-4)9-10(14)13(6-5-12)7-8-15-3/h5-9,12H2,1-4H3. The Balaban J connectivity index is 4.26. The van der Waals surface area contributed by atoms with Crippen LogP contribution in [0.25, 0.3) is 0 Å². The van der Waals surface area contributed by atoms with Gasteiger partial charge in [-0.3, -0.25) is 4.79 Å². The molecule has 0 spiro atoms. The van der Waals surface area contributed by atoms with Gasteiger partial charge < -0.3 is 20.1 Å². The number of methoxy groups -OCH3 is 2. The molecule has 0 saturated heterocycles. The van der Waals surface area contributed by atoms with Gasteiger partial charge in [-0.25, -0.2) is 0 Å². The lowest BCUT2D eigenvalue weighted by molar-refractivity contribution is -0.137. The van der Waals surface area contributed by atoms with Gasteiger partial charge in [0.15, 0.2) is 0 Å². The summed E-state index contributed by atoms with van der Waals surface area (Å²) in [5.41, 5.74) is 5.04. The summed E-state index contributed by atoms with van der Waals surface area (Å²) >= 11 is 0. The molecule has 0 aliphatic rings. The third kappa shape index (κ3) is 6.05. The first-order chi connectivity index (χ1) is 7.46. The Kier molecular flexibility index (Phi) is 7.29. The molecule has 0 saturated carbocycles. The van der Waals surface area contributed by atoms with Crippen molar-refractivity contribution in [2.45, 2.75) is 25.9 Å². The monoisotopic (exact) mass is 232 g/mol. The van der Waals surface area contributed by atoms with Gasteiger partial charge in [-0.2, -0.15) is 0 Å². The maximum absolute atomic E-state index is 11.9. The lowest BCUT2D eigenvalue weighted by Gasteiger charge is -2.27. The molecule has 0 rings (SSSR count). The molecule has 5 nitrogen and oxygen atoms in total. The molecule has 16 heavy (non-hydrogen) atoms. The molecular weight excluding hydrogens is 208 g/mol. The van der Waals surface area contributed by atoms with Crippen LogP contribution in [-0.4, -0.2) is 56.9 Å². The van der Waals surface area contributed by atoms with Crippen molar-refractivity contribution >= 4 is 5.91 Å². The molecule has 5 heteroatoms. The van der Waals surface area contributed by atoms with Crippen molar-refractivity contribution in [2.24, 2.45) is 5.73 Å². The van der Waals surface area contributed by atoms with Gasteiger partial charge in [-0.15, -0.1) is 0 Å². The van der Waals surface area contributed by atoms with Gasteiger partial charge in [0, 0.05) is 33.9 Å². The highest BCUT2D eigenvalue weighted by Crippen LogP contribution is 2.14. The van der Waals surface area contributed by atoms with Gasteiger partial charge in [0.1, 0.15) is 0 Å². The van der Waals surface area contributed by atoms with E-state index in [4.69, 9.17) is 15.2 Å². The fourth-order valence-electron chi connectivity index (χ4n) is 1.27. The zero-order valence-corrected chi connectivity index (χ0v) is 10.8. The number of nitrogens with two attached hydrogens (primary N) is 1. The molecule has 0 aromatic rings. The molecule has 0 atom stereocenters. The molecule has 0 aromatic carbocycles. The molecule has 2 N–H and O–H groups in total. The van der Waals surface area contributed by atoms with Crippen molar-refractivity contribution in [3.05, 3.63) is 0 Å². The minimum Gasteiger partial charge on any atom is -0.383 e. The van der Waals surface area contributed by atoms with Crippen molar-refractivity contribution < 1.29 is 14.3 Å². The third-order valence-corrected chi connectivity index (χ3v) is 2.45. The number of hydrogen-bond donors (Lipinski definition) is 1. The Hall–Kier alpha value is -0.650. The summed E-state index contributed by atoms with van der Waals surface area (Å²) < 4.78 is 10.2. The van der Waals surface area contributed by atoms with Crippen LogP contribution in [0.4, 0.5) is 0 Å². The van der Waals surface area contributed by atoms with E-state index in [2.05, 4.69) is 0 Å². The first-order valence-electron chi connectivity index (χ1n) is 5.48. The van der Waals surface area contributed by atoms with E-state index in [1.807, 2.05) is 13.8 Å². The second-order valence-corrected chi connectivity index (χ2v) is 4.30. The highest BCUT2D eigenvalue weighted by Gasteiger charge is 2.24. The first-order valence-corrected chi connectivity index (χ1v) is 5.48. The van der Waals surface area contributed by atoms with Crippen LogP contribution in [0.2, 0.25) is 0 Å². The summed E-state index contributed by atoms with van der Waals surface area (Å²) in [7, 11) is 3.22. The number of amides is 1. The number of carbonyl (C=O) groups is 1. The van der Waals surface area contributed by atoms with E-state index in [0.29, 0.717) is 32.7 Å². The molecule has 0 aliphatic heterocycles. The summed E-state index contributed by atoms with van der Waals surface area (Å²) in [4.78, 5) is 13.7.